The van der Waals surface area contributed by atoms with Crippen LogP contribution in [0, 0.1) is 0 Å². The molecule has 0 aromatic rings. The van der Waals surface area contributed by atoms with Crippen molar-refractivity contribution in [2.45, 2.75) is 38.9 Å². The van der Waals surface area contributed by atoms with Gasteiger partial charge in [-0.2, -0.15) is 0 Å². The lowest BCUT2D eigenvalue weighted by molar-refractivity contribution is -0.133. The Kier molecular flexibility index (Phi) is 14.0. The molecule has 0 fully saturated rings. The third-order valence-electron chi connectivity index (χ3n) is 1.18. The van der Waals surface area contributed by atoms with Crippen LogP contribution >= 0.6 is 15.9 Å². The van der Waals surface area contributed by atoms with Gasteiger partial charge in [0.15, 0.2) is 6.29 Å². The Morgan fingerprint density at radius 1 is 1.38 bits per heavy atom. The highest BCUT2D eigenvalue weighted by Crippen LogP contribution is 1.99. The molecule has 0 atom stereocenters. The molecule has 0 aliphatic heterocycles. The van der Waals surface area contributed by atoms with Crippen LogP contribution in [0.4, 0.5) is 0 Å². The molecule has 0 aromatic carbocycles. The summed E-state index contributed by atoms with van der Waals surface area (Å²) >= 11 is 2.71. The number of aliphatic hydroxyl groups is 2. The molecule has 3 N–H and O–H groups in total. The molecule has 0 saturated carbocycles. The van der Waals surface area contributed by atoms with Gasteiger partial charge in [0.1, 0.15) is 5.33 Å². The fourth-order valence-electron chi connectivity index (χ4n) is 0.577. The molecule has 5 heteroatoms. The van der Waals surface area contributed by atoms with Crippen molar-refractivity contribution in [2.75, 3.05) is 5.33 Å². The predicted molar refractivity (Wildman–Crippen MR) is 53.8 cm³/mol. The summed E-state index contributed by atoms with van der Waals surface area (Å²) < 4.78 is 0. The summed E-state index contributed by atoms with van der Waals surface area (Å²) in [6.45, 7) is 2.09. The summed E-state index contributed by atoms with van der Waals surface area (Å²) in [4.78, 5) is 9.32. The molecule has 0 bridgehead atoms. The van der Waals surface area contributed by atoms with Gasteiger partial charge in [-0.25, -0.2) is 0 Å². The normalized spacial score (nSPS) is 9.31. The van der Waals surface area contributed by atoms with Crippen LogP contribution in [0.2, 0.25) is 0 Å². The van der Waals surface area contributed by atoms with E-state index in [0.29, 0.717) is 6.42 Å². The molecule has 0 heterocycles. The van der Waals surface area contributed by atoms with Crippen LogP contribution in [0.3, 0.4) is 0 Å². The smallest absolute Gasteiger partial charge is 0.314 e. The third kappa shape index (κ3) is 24.5. The highest BCUT2D eigenvalue weighted by molar-refractivity contribution is 9.09. The van der Waals surface area contributed by atoms with E-state index >= 15 is 0 Å². The number of hydrogen-bond donors (Lipinski definition) is 3. The van der Waals surface area contributed by atoms with Crippen molar-refractivity contribution in [3.8, 4) is 0 Å². The lowest BCUT2D eigenvalue weighted by Gasteiger charge is -1.99. The second kappa shape index (κ2) is 11.9. The SMILES string of the molecule is CCCCCC(O)O.O=C(O)CBr. The number of carboxylic acid groups (broad SMARTS) is 1. The molecule has 0 aliphatic rings. The van der Waals surface area contributed by atoms with Gasteiger partial charge >= 0.3 is 5.97 Å². The topological polar surface area (TPSA) is 77.8 Å². The van der Waals surface area contributed by atoms with Crippen molar-refractivity contribution in [1.29, 1.82) is 0 Å². The molecule has 0 aromatic heterocycles. The van der Waals surface area contributed by atoms with Crippen molar-refractivity contribution in [1.82, 2.24) is 0 Å². The first-order valence-electron chi connectivity index (χ1n) is 4.18. The molecule has 13 heavy (non-hydrogen) atoms. The van der Waals surface area contributed by atoms with E-state index < -0.39 is 12.3 Å². The predicted octanol–water partition coefficient (Wildman–Crippen LogP) is 1.34. The quantitative estimate of drug-likeness (QED) is 0.394. The van der Waals surface area contributed by atoms with Gasteiger partial charge in [0.05, 0.1) is 0 Å². The number of carbonyl (C=O) groups is 1. The summed E-state index contributed by atoms with van der Waals surface area (Å²) in [6, 6.07) is 0. The second-order valence-electron chi connectivity index (χ2n) is 2.50. The Balaban J connectivity index is 0. The van der Waals surface area contributed by atoms with E-state index in [2.05, 4.69) is 22.9 Å². The van der Waals surface area contributed by atoms with Gasteiger partial charge in [-0.05, 0) is 12.8 Å². The maximum absolute atomic E-state index is 9.32. The summed E-state index contributed by atoms with van der Waals surface area (Å²) in [7, 11) is 0. The molecule has 0 aliphatic carbocycles. The maximum atomic E-state index is 9.32. The fourth-order valence-corrected chi connectivity index (χ4v) is 0.577. The van der Waals surface area contributed by atoms with Gasteiger partial charge in [-0.15, -0.1) is 0 Å². The molecule has 0 spiro atoms. The van der Waals surface area contributed by atoms with E-state index in [9.17, 15) is 4.79 Å². The Bertz CT molecular complexity index is 117. The zero-order chi connectivity index (χ0) is 10.7. The monoisotopic (exact) mass is 256 g/mol. The van der Waals surface area contributed by atoms with Gasteiger partial charge in [-0.3, -0.25) is 4.79 Å². The summed E-state index contributed by atoms with van der Waals surface area (Å²) in [5, 5.41) is 24.4. The first-order chi connectivity index (χ1) is 6.04. The Morgan fingerprint density at radius 2 is 1.85 bits per heavy atom. The number of halogens is 1. The minimum absolute atomic E-state index is 0.0347. The Morgan fingerprint density at radius 3 is 2.08 bits per heavy atom. The minimum Gasteiger partial charge on any atom is -0.481 e. The molecule has 80 valence electrons. The molecule has 0 amide bonds. The summed E-state index contributed by atoms with van der Waals surface area (Å²) in [5.41, 5.74) is 0. The molecule has 0 unspecified atom stereocenters. The molecule has 0 saturated heterocycles. The average Bonchev–Trinajstić information content (AvgIpc) is 2.05. The average molecular weight is 257 g/mol. The van der Waals surface area contributed by atoms with Crippen LogP contribution in [-0.4, -0.2) is 32.9 Å². The number of alkyl halides is 1. The minimum atomic E-state index is -1.10. The fraction of sp³-hybridized carbons (Fsp3) is 0.875. The molecular formula is C8H17BrO4. The van der Waals surface area contributed by atoms with Crippen LogP contribution in [0.5, 0.6) is 0 Å². The largest absolute Gasteiger partial charge is 0.481 e. The van der Waals surface area contributed by atoms with Crippen molar-refractivity contribution >= 4 is 21.9 Å². The standard InChI is InChI=1S/C6H14O2.C2H3BrO2/c1-2-3-4-5-6(7)8;3-1-2(4)5/h6-8H,2-5H2,1H3;1H2,(H,4,5). The number of aliphatic carboxylic acids is 1. The van der Waals surface area contributed by atoms with E-state index in [1.165, 1.54) is 0 Å². The highest BCUT2D eigenvalue weighted by Gasteiger charge is 1.93. The number of rotatable bonds is 5. The molecule has 0 rings (SSSR count). The van der Waals surface area contributed by atoms with Gasteiger partial charge < -0.3 is 15.3 Å². The molecule has 4 nitrogen and oxygen atoms in total. The van der Waals surface area contributed by atoms with Gasteiger partial charge in [0, 0.05) is 0 Å². The van der Waals surface area contributed by atoms with Crippen LogP contribution in [0.1, 0.15) is 32.6 Å². The van der Waals surface area contributed by atoms with Crippen molar-refractivity contribution in [2.24, 2.45) is 0 Å². The number of unbranched alkanes of at least 4 members (excludes halogenated alkanes) is 2. The van der Waals surface area contributed by atoms with Crippen molar-refractivity contribution < 1.29 is 20.1 Å². The lowest BCUT2D eigenvalue weighted by Crippen LogP contribution is -2.02. The van der Waals surface area contributed by atoms with E-state index in [1.54, 1.807) is 0 Å². The van der Waals surface area contributed by atoms with E-state index in [4.69, 9.17) is 15.3 Å². The second-order valence-corrected chi connectivity index (χ2v) is 3.06. The molecule has 0 radical (unpaired) electrons. The first-order valence-corrected chi connectivity index (χ1v) is 5.30. The Hall–Kier alpha value is -0.130. The van der Waals surface area contributed by atoms with Gasteiger partial charge in [0.25, 0.3) is 0 Å². The van der Waals surface area contributed by atoms with Gasteiger partial charge in [0.2, 0.25) is 0 Å². The van der Waals surface area contributed by atoms with E-state index in [1.807, 2.05) is 0 Å². The third-order valence-corrected chi connectivity index (χ3v) is 1.66. The van der Waals surface area contributed by atoms with E-state index in [0.717, 1.165) is 19.3 Å². The summed E-state index contributed by atoms with van der Waals surface area (Å²) in [5.74, 6) is -0.829. The van der Waals surface area contributed by atoms with Gasteiger partial charge in [-0.1, -0.05) is 35.7 Å². The zero-order valence-electron chi connectivity index (χ0n) is 7.74. The van der Waals surface area contributed by atoms with Crippen LogP contribution in [0.25, 0.3) is 0 Å². The number of aliphatic hydroxyl groups excluding tert-OH is 1. The summed E-state index contributed by atoms with van der Waals surface area (Å²) in [6.07, 6.45) is 2.58. The van der Waals surface area contributed by atoms with Crippen molar-refractivity contribution in [3.05, 3.63) is 0 Å². The zero-order valence-corrected chi connectivity index (χ0v) is 9.33. The van der Waals surface area contributed by atoms with Crippen LogP contribution in [0.15, 0.2) is 0 Å². The maximum Gasteiger partial charge on any atom is 0.314 e. The lowest BCUT2D eigenvalue weighted by atomic mass is 10.2. The van der Waals surface area contributed by atoms with Crippen LogP contribution in [-0.2, 0) is 4.79 Å². The van der Waals surface area contributed by atoms with Crippen LogP contribution < -0.4 is 0 Å². The Labute approximate surface area is 86.7 Å². The number of hydrogen-bond acceptors (Lipinski definition) is 3. The highest BCUT2D eigenvalue weighted by atomic mass is 79.9. The number of carboxylic acids is 1. The molecular weight excluding hydrogens is 240 g/mol. The van der Waals surface area contributed by atoms with E-state index in [-0.39, 0.29) is 5.33 Å². The first kappa shape index (κ1) is 15.3. The van der Waals surface area contributed by atoms with Crippen molar-refractivity contribution in [3.63, 3.8) is 0 Å².